The maximum absolute atomic E-state index is 11.4. The molecule has 0 aliphatic heterocycles. The molecule has 2 aliphatic rings. The third-order valence-electron chi connectivity index (χ3n) is 3.60. The van der Waals surface area contributed by atoms with Crippen LogP contribution in [0, 0.1) is 23.7 Å². The average Bonchev–Trinajstić information content (AvgIpc) is 2.51. The lowest BCUT2D eigenvalue weighted by Crippen LogP contribution is -2.26. The van der Waals surface area contributed by atoms with Crippen LogP contribution in [0.15, 0.2) is 0 Å². The largest absolute Gasteiger partial charge is 0.385 e. The van der Waals surface area contributed by atoms with Gasteiger partial charge in [-0.2, -0.15) is 0 Å². The van der Waals surface area contributed by atoms with Gasteiger partial charge < -0.3 is 5.11 Å². The molecule has 2 bridgehead atoms. The number of hydrogen-bond acceptors (Lipinski definition) is 2. The summed E-state index contributed by atoms with van der Waals surface area (Å²) in [7, 11) is 0. The highest BCUT2D eigenvalue weighted by Crippen LogP contribution is 2.50. The van der Waals surface area contributed by atoms with E-state index in [0.717, 1.165) is 12.8 Å². The van der Waals surface area contributed by atoms with Gasteiger partial charge in [-0.1, -0.05) is 13.8 Å². The molecule has 2 nitrogen and oxygen atoms in total. The molecule has 0 aromatic rings. The molecule has 0 saturated heterocycles. The van der Waals surface area contributed by atoms with Crippen LogP contribution in [-0.4, -0.2) is 17.0 Å². The van der Waals surface area contributed by atoms with E-state index in [9.17, 15) is 9.90 Å². The molecule has 0 heterocycles. The second kappa shape index (κ2) is 2.56. The molecule has 4 unspecified atom stereocenters. The average molecular weight is 168 g/mol. The molecule has 0 spiro atoms. The highest BCUT2D eigenvalue weighted by atomic mass is 16.3. The van der Waals surface area contributed by atoms with Crippen LogP contribution in [0.3, 0.4) is 0 Å². The summed E-state index contributed by atoms with van der Waals surface area (Å²) in [6.45, 7) is 4.31. The number of aliphatic hydroxyl groups excluding tert-OH is 1. The number of carbonyl (C=O) groups is 1. The van der Waals surface area contributed by atoms with Crippen LogP contribution in [0.5, 0.6) is 0 Å². The summed E-state index contributed by atoms with van der Waals surface area (Å²) in [6, 6.07) is 0. The van der Waals surface area contributed by atoms with Crippen LogP contribution in [0.2, 0.25) is 0 Å². The molecule has 68 valence electrons. The molecular weight excluding hydrogens is 152 g/mol. The van der Waals surface area contributed by atoms with Crippen molar-refractivity contribution in [3.8, 4) is 0 Å². The SMILES string of the molecule is CC(C)C1C2CCC1C(O)C2=O. The zero-order valence-electron chi connectivity index (χ0n) is 7.66. The van der Waals surface area contributed by atoms with Crippen LogP contribution >= 0.6 is 0 Å². The number of ketones is 1. The Morgan fingerprint density at radius 3 is 2.42 bits per heavy atom. The van der Waals surface area contributed by atoms with Gasteiger partial charge in [0.1, 0.15) is 6.10 Å². The lowest BCUT2D eigenvalue weighted by atomic mass is 9.86. The molecule has 2 heteroatoms. The Hall–Kier alpha value is -0.370. The van der Waals surface area contributed by atoms with Gasteiger partial charge in [0.25, 0.3) is 0 Å². The fourth-order valence-electron chi connectivity index (χ4n) is 3.14. The molecule has 0 aromatic heterocycles. The van der Waals surface area contributed by atoms with Crippen molar-refractivity contribution < 1.29 is 9.90 Å². The smallest absolute Gasteiger partial charge is 0.164 e. The van der Waals surface area contributed by atoms with Crippen molar-refractivity contribution in [2.75, 3.05) is 0 Å². The van der Waals surface area contributed by atoms with Gasteiger partial charge in [0.15, 0.2) is 5.78 Å². The second-order valence-electron chi connectivity index (χ2n) is 4.52. The molecular formula is C10H16O2. The van der Waals surface area contributed by atoms with E-state index in [2.05, 4.69) is 13.8 Å². The highest BCUT2D eigenvalue weighted by molar-refractivity contribution is 5.89. The fraction of sp³-hybridized carbons (Fsp3) is 0.900. The lowest BCUT2D eigenvalue weighted by molar-refractivity contribution is -0.130. The van der Waals surface area contributed by atoms with Crippen molar-refractivity contribution >= 4 is 5.78 Å². The number of carbonyl (C=O) groups excluding carboxylic acids is 1. The van der Waals surface area contributed by atoms with E-state index in [-0.39, 0.29) is 17.6 Å². The maximum atomic E-state index is 11.4. The van der Waals surface area contributed by atoms with E-state index in [1.807, 2.05) is 0 Å². The van der Waals surface area contributed by atoms with E-state index >= 15 is 0 Å². The molecule has 2 saturated carbocycles. The first kappa shape index (κ1) is 8.24. The molecule has 0 radical (unpaired) electrons. The predicted octanol–water partition coefficient (Wildman–Crippen LogP) is 1.23. The van der Waals surface area contributed by atoms with Crippen LogP contribution in [0.4, 0.5) is 0 Å². The molecule has 12 heavy (non-hydrogen) atoms. The summed E-state index contributed by atoms with van der Waals surface area (Å²) < 4.78 is 0. The third-order valence-corrected chi connectivity index (χ3v) is 3.60. The van der Waals surface area contributed by atoms with Gasteiger partial charge in [-0.25, -0.2) is 0 Å². The van der Waals surface area contributed by atoms with Crippen molar-refractivity contribution in [3.63, 3.8) is 0 Å². The second-order valence-corrected chi connectivity index (χ2v) is 4.52. The van der Waals surface area contributed by atoms with Gasteiger partial charge in [0.2, 0.25) is 0 Å². The van der Waals surface area contributed by atoms with E-state index in [4.69, 9.17) is 0 Å². The zero-order chi connectivity index (χ0) is 8.88. The van der Waals surface area contributed by atoms with Crippen LogP contribution < -0.4 is 0 Å². The molecule has 0 amide bonds. The number of fused-ring (bicyclic) bond motifs is 2. The first-order valence-electron chi connectivity index (χ1n) is 4.84. The van der Waals surface area contributed by atoms with E-state index < -0.39 is 6.10 Å². The summed E-state index contributed by atoms with van der Waals surface area (Å²) >= 11 is 0. The van der Waals surface area contributed by atoms with Crippen LogP contribution in [0.1, 0.15) is 26.7 Å². The number of aliphatic hydroxyl groups is 1. The standard InChI is InChI=1S/C10H16O2/c1-5(2)8-6-3-4-7(8)10(12)9(6)11/h5-9,11H,3-4H2,1-2H3. The summed E-state index contributed by atoms with van der Waals surface area (Å²) in [5.41, 5.74) is 0. The van der Waals surface area contributed by atoms with Crippen molar-refractivity contribution in [1.29, 1.82) is 0 Å². The molecule has 2 rings (SSSR count). The van der Waals surface area contributed by atoms with Crippen LogP contribution in [-0.2, 0) is 4.79 Å². The van der Waals surface area contributed by atoms with Crippen molar-refractivity contribution in [1.82, 2.24) is 0 Å². The Labute approximate surface area is 73.0 Å². The van der Waals surface area contributed by atoms with E-state index in [1.165, 1.54) is 0 Å². The van der Waals surface area contributed by atoms with Gasteiger partial charge in [-0.15, -0.1) is 0 Å². The maximum Gasteiger partial charge on any atom is 0.164 e. The number of hydrogen-bond donors (Lipinski definition) is 1. The zero-order valence-corrected chi connectivity index (χ0v) is 7.66. The van der Waals surface area contributed by atoms with Crippen molar-refractivity contribution in [2.45, 2.75) is 32.8 Å². The fourth-order valence-corrected chi connectivity index (χ4v) is 3.14. The third kappa shape index (κ3) is 0.875. The normalized spacial score (nSPS) is 46.2. The Morgan fingerprint density at radius 2 is 2.08 bits per heavy atom. The van der Waals surface area contributed by atoms with Gasteiger partial charge >= 0.3 is 0 Å². The first-order valence-corrected chi connectivity index (χ1v) is 4.84. The van der Waals surface area contributed by atoms with Gasteiger partial charge in [-0.05, 0) is 30.6 Å². The molecule has 1 N–H and O–H groups in total. The Bertz CT molecular complexity index is 210. The van der Waals surface area contributed by atoms with Crippen molar-refractivity contribution in [3.05, 3.63) is 0 Å². The predicted molar refractivity (Wildman–Crippen MR) is 45.6 cm³/mol. The molecule has 2 fully saturated rings. The summed E-state index contributed by atoms with van der Waals surface area (Å²) in [6.07, 6.45) is 1.44. The molecule has 0 aromatic carbocycles. The van der Waals surface area contributed by atoms with E-state index in [0.29, 0.717) is 11.8 Å². The van der Waals surface area contributed by atoms with Crippen LogP contribution in [0.25, 0.3) is 0 Å². The monoisotopic (exact) mass is 168 g/mol. The number of rotatable bonds is 1. The van der Waals surface area contributed by atoms with Gasteiger partial charge in [0, 0.05) is 5.92 Å². The minimum atomic E-state index is -0.629. The summed E-state index contributed by atoms with van der Waals surface area (Å²) in [4.78, 5) is 11.4. The molecule has 4 atom stereocenters. The topological polar surface area (TPSA) is 37.3 Å². The first-order chi connectivity index (χ1) is 5.63. The van der Waals surface area contributed by atoms with Crippen molar-refractivity contribution in [2.24, 2.45) is 23.7 Å². The molecule has 2 aliphatic carbocycles. The summed E-state index contributed by atoms with van der Waals surface area (Å²) in [5, 5.41) is 9.56. The quantitative estimate of drug-likeness (QED) is 0.639. The van der Waals surface area contributed by atoms with Gasteiger partial charge in [-0.3, -0.25) is 4.79 Å². The Kier molecular flexibility index (Phi) is 1.76. The lowest BCUT2D eigenvalue weighted by Gasteiger charge is -2.19. The highest BCUT2D eigenvalue weighted by Gasteiger charge is 2.54. The Balaban J connectivity index is 2.24. The summed E-state index contributed by atoms with van der Waals surface area (Å²) in [5.74, 6) is 1.59. The number of Topliss-reactive ketones (excluding diaryl/α,β-unsaturated/α-hetero) is 1. The van der Waals surface area contributed by atoms with E-state index in [1.54, 1.807) is 0 Å². The Morgan fingerprint density at radius 1 is 1.42 bits per heavy atom. The minimum Gasteiger partial charge on any atom is -0.385 e. The van der Waals surface area contributed by atoms with Gasteiger partial charge in [0.05, 0.1) is 0 Å². The minimum absolute atomic E-state index is 0.116.